The van der Waals surface area contributed by atoms with Crippen LogP contribution in [-0.4, -0.2) is 45.9 Å². The van der Waals surface area contributed by atoms with Crippen LogP contribution in [0.3, 0.4) is 0 Å². The van der Waals surface area contributed by atoms with E-state index in [1.807, 2.05) is 0 Å². The van der Waals surface area contributed by atoms with Crippen molar-refractivity contribution in [2.75, 3.05) is 18.5 Å². The number of fused-ring (bicyclic) bond motifs is 1. The first-order valence-electron chi connectivity index (χ1n) is 7.11. The first-order valence-corrected chi connectivity index (χ1v) is 7.11. The minimum absolute atomic E-state index is 0.174. The van der Waals surface area contributed by atoms with Crippen molar-refractivity contribution in [2.24, 2.45) is 5.84 Å². The highest BCUT2D eigenvalue weighted by atomic mass is 16.2. The van der Waals surface area contributed by atoms with Gasteiger partial charge >= 0.3 is 0 Å². The molecule has 1 aromatic rings. The van der Waals surface area contributed by atoms with Gasteiger partial charge in [0.05, 0.1) is 12.4 Å². The van der Waals surface area contributed by atoms with Crippen LogP contribution in [0.5, 0.6) is 0 Å². The van der Waals surface area contributed by atoms with Gasteiger partial charge in [0, 0.05) is 18.6 Å². The normalized spacial score (nSPS) is 26.1. The number of hydrazine groups is 1. The number of anilines is 1. The first kappa shape index (κ1) is 13.3. The fourth-order valence-electron chi connectivity index (χ4n) is 3.20. The van der Waals surface area contributed by atoms with Crippen LogP contribution in [0, 0.1) is 0 Å². The molecular formula is C13H20N6O. The van der Waals surface area contributed by atoms with Crippen LogP contribution in [0.2, 0.25) is 0 Å². The molecule has 1 aromatic heterocycles. The van der Waals surface area contributed by atoms with E-state index >= 15 is 0 Å². The molecule has 3 rings (SSSR count). The number of hydrogen-bond acceptors (Lipinski definition) is 6. The Labute approximate surface area is 117 Å². The van der Waals surface area contributed by atoms with Gasteiger partial charge in [-0.25, -0.2) is 10.8 Å². The fourth-order valence-corrected chi connectivity index (χ4v) is 3.20. The van der Waals surface area contributed by atoms with E-state index in [4.69, 9.17) is 5.84 Å². The van der Waals surface area contributed by atoms with Gasteiger partial charge in [0.1, 0.15) is 5.69 Å². The molecule has 0 aromatic carbocycles. The molecule has 2 atom stereocenters. The van der Waals surface area contributed by atoms with Crippen molar-refractivity contribution in [3.63, 3.8) is 0 Å². The maximum absolute atomic E-state index is 12.2. The molecule has 2 unspecified atom stereocenters. The van der Waals surface area contributed by atoms with E-state index in [0.29, 0.717) is 17.6 Å². The summed E-state index contributed by atoms with van der Waals surface area (Å²) in [6.07, 6.45) is 7.64. The highest BCUT2D eigenvalue weighted by molar-refractivity contribution is 5.92. The average molecular weight is 276 g/mol. The molecule has 7 nitrogen and oxygen atoms in total. The number of nitrogen functional groups attached to an aromatic ring is 1. The van der Waals surface area contributed by atoms with Crippen molar-refractivity contribution >= 4 is 11.7 Å². The van der Waals surface area contributed by atoms with Crippen molar-refractivity contribution in [3.8, 4) is 0 Å². The molecule has 0 aliphatic carbocycles. The van der Waals surface area contributed by atoms with Crippen LogP contribution < -0.4 is 16.6 Å². The summed E-state index contributed by atoms with van der Waals surface area (Å²) in [6, 6.07) is 0.704. The van der Waals surface area contributed by atoms with Gasteiger partial charge in [-0.15, -0.1) is 0 Å². The van der Waals surface area contributed by atoms with Crippen molar-refractivity contribution in [1.29, 1.82) is 0 Å². The molecule has 2 aliphatic heterocycles. The minimum Gasteiger partial charge on any atom is -0.346 e. The molecule has 3 heterocycles. The highest BCUT2D eigenvalue weighted by Crippen LogP contribution is 2.27. The fraction of sp³-hybridized carbons (Fsp3) is 0.615. The summed E-state index contributed by atoms with van der Waals surface area (Å²) in [4.78, 5) is 22.8. The van der Waals surface area contributed by atoms with Gasteiger partial charge in [0.15, 0.2) is 5.82 Å². The third-order valence-corrected chi connectivity index (χ3v) is 4.19. The van der Waals surface area contributed by atoms with Crippen LogP contribution in [0.25, 0.3) is 0 Å². The van der Waals surface area contributed by atoms with Crippen molar-refractivity contribution in [3.05, 3.63) is 18.1 Å². The Kier molecular flexibility index (Phi) is 3.79. The lowest BCUT2D eigenvalue weighted by Gasteiger charge is -2.32. The Hall–Kier alpha value is -1.73. The zero-order chi connectivity index (χ0) is 13.9. The summed E-state index contributed by atoms with van der Waals surface area (Å²) >= 11 is 0. The second-order valence-corrected chi connectivity index (χ2v) is 5.40. The lowest BCUT2D eigenvalue weighted by molar-refractivity contribution is 0.0910. The largest absolute Gasteiger partial charge is 0.346 e. The smallest absolute Gasteiger partial charge is 0.271 e. The molecule has 0 bridgehead atoms. The van der Waals surface area contributed by atoms with Crippen molar-refractivity contribution < 1.29 is 4.79 Å². The SMILES string of the molecule is NNc1cncc(C(=O)NC2CCN3CCCCC23)n1. The van der Waals surface area contributed by atoms with Gasteiger partial charge in [-0.3, -0.25) is 14.7 Å². The summed E-state index contributed by atoms with van der Waals surface area (Å²) in [5.41, 5.74) is 2.70. The summed E-state index contributed by atoms with van der Waals surface area (Å²) in [7, 11) is 0. The van der Waals surface area contributed by atoms with E-state index in [1.165, 1.54) is 31.7 Å². The molecule has 2 fully saturated rings. The maximum Gasteiger partial charge on any atom is 0.271 e. The van der Waals surface area contributed by atoms with E-state index in [0.717, 1.165) is 19.5 Å². The number of piperidine rings is 1. The molecule has 0 saturated carbocycles. The van der Waals surface area contributed by atoms with Crippen molar-refractivity contribution in [1.82, 2.24) is 20.2 Å². The second kappa shape index (κ2) is 5.72. The summed E-state index contributed by atoms with van der Waals surface area (Å²) in [6.45, 7) is 2.23. The van der Waals surface area contributed by atoms with Gasteiger partial charge in [0.25, 0.3) is 5.91 Å². The summed E-state index contributed by atoms with van der Waals surface area (Å²) in [5.74, 6) is 5.50. The molecule has 0 radical (unpaired) electrons. The molecule has 1 amide bonds. The van der Waals surface area contributed by atoms with Crippen molar-refractivity contribution in [2.45, 2.75) is 37.8 Å². The zero-order valence-electron chi connectivity index (χ0n) is 11.4. The highest BCUT2D eigenvalue weighted by Gasteiger charge is 2.36. The van der Waals surface area contributed by atoms with E-state index in [9.17, 15) is 4.79 Å². The van der Waals surface area contributed by atoms with Crippen LogP contribution >= 0.6 is 0 Å². The number of nitrogens with two attached hydrogens (primary N) is 1. The molecule has 0 spiro atoms. The molecule has 7 heteroatoms. The first-order chi connectivity index (χ1) is 9.78. The van der Waals surface area contributed by atoms with Crippen LogP contribution in [0.1, 0.15) is 36.2 Å². The number of carbonyl (C=O) groups excluding carboxylic acids is 1. The lowest BCUT2D eigenvalue weighted by atomic mass is 9.99. The Balaban J connectivity index is 1.66. The number of amides is 1. The predicted molar refractivity (Wildman–Crippen MR) is 74.9 cm³/mol. The van der Waals surface area contributed by atoms with Crippen LogP contribution in [0.4, 0.5) is 5.82 Å². The average Bonchev–Trinajstić information content (AvgIpc) is 2.90. The molecule has 2 aliphatic rings. The molecule has 20 heavy (non-hydrogen) atoms. The quantitative estimate of drug-likeness (QED) is 0.536. The zero-order valence-corrected chi connectivity index (χ0v) is 11.4. The van der Waals surface area contributed by atoms with E-state index < -0.39 is 0 Å². The molecule has 4 N–H and O–H groups in total. The molecule has 2 saturated heterocycles. The number of carbonyl (C=O) groups is 1. The standard InChI is InChI=1S/C13H20N6O/c14-18-12-8-15-7-10(16-12)13(20)17-9-4-6-19-5-2-1-3-11(9)19/h7-9,11H,1-6,14H2,(H,16,18)(H,17,20). The number of hydrogen-bond donors (Lipinski definition) is 3. The van der Waals surface area contributed by atoms with Gasteiger partial charge in [0.2, 0.25) is 0 Å². The van der Waals surface area contributed by atoms with E-state index in [2.05, 4.69) is 25.6 Å². The molecule has 108 valence electrons. The topological polar surface area (TPSA) is 96.2 Å². The Bertz CT molecular complexity index is 494. The number of nitrogens with one attached hydrogen (secondary N) is 2. The predicted octanol–water partition coefficient (Wildman–Crippen LogP) is 0.119. The number of nitrogens with zero attached hydrogens (tertiary/aromatic N) is 3. The summed E-state index contributed by atoms with van der Waals surface area (Å²) < 4.78 is 0. The van der Waals surface area contributed by atoms with Crippen LogP contribution in [-0.2, 0) is 0 Å². The molecular weight excluding hydrogens is 256 g/mol. The lowest BCUT2D eigenvalue weighted by Crippen LogP contribution is -2.47. The van der Waals surface area contributed by atoms with E-state index in [1.54, 1.807) is 0 Å². The van der Waals surface area contributed by atoms with Gasteiger partial charge in [-0.05, 0) is 25.8 Å². The Morgan fingerprint density at radius 2 is 2.20 bits per heavy atom. The van der Waals surface area contributed by atoms with Crippen LogP contribution in [0.15, 0.2) is 12.4 Å². The Morgan fingerprint density at radius 3 is 3.05 bits per heavy atom. The van der Waals surface area contributed by atoms with Gasteiger partial charge < -0.3 is 10.7 Å². The monoisotopic (exact) mass is 276 g/mol. The second-order valence-electron chi connectivity index (χ2n) is 5.40. The minimum atomic E-state index is -0.174. The third-order valence-electron chi connectivity index (χ3n) is 4.19. The van der Waals surface area contributed by atoms with Gasteiger partial charge in [-0.2, -0.15) is 0 Å². The van der Waals surface area contributed by atoms with E-state index in [-0.39, 0.29) is 11.9 Å². The number of rotatable bonds is 3. The number of aromatic nitrogens is 2. The third kappa shape index (κ3) is 2.59. The summed E-state index contributed by atoms with van der Waals surface area (Å²) in [5, 5.41) is 3.09. The maximum atomic E-state index is 12.2. The van der Waals surface area contributed by atoms with Gasteiger partial charge in [-0.1, -0.05) is 6.42 Å². The Morgan fingerprint density at radius 1 is 1.30 bits per heavy atom.